The van der Waals surface area contributed by atoms with E-state index in [1.807, 2.05) is 56.1 Å². The van der Waals surface area contributed by atoms with Crippen molar-refractivity contribution < 1.29 is 38.6 Å². The lowest BCUT2D eigenvalue weighted by molar-refractivity contribution is -0.150. The molecule has 0 bridgehead atoms. The lowest BCUT2D eigenvalue weighted by Gasteiger charge is -2.38. The quantitative estimate of drug-likeness (QED) is 0.0953. The molecule has 0 spiro atoms. The Kier molecular flexibility index (Phi) is 17.1. The second kappa shape index (κ2) is 20.9. The summed E-state index contributed by atoms with van der Waals surface area (Å²) in [6.45, 7) is 13.4. The van der Waals surface area contributed by atoms with Crippen molar-refractivity contribution >= 4 is 41.0 Å². The van der Waals surface area contributed by atoms with Crippen molar-refractivity contribution in [3.8, 4) is 0 Å². The smallest absolute Gasteiger partial charge is 0.306 e. The average Bonchev–Trinajstić information content (AvgIpc) is 3.62. The molecule has 13 nitrogen and oxygen atoms in total. The van der Waals surface area contributed by atoms with Gasteiger partial charge in [0.1, 0.15) is 23.5 Å². The van der Waals surface area contributed by atoms with Crippen LogP contribution < -0.4 is 10.6 Å². The SMILES string of the molecule is C=C(C)C(CC(OC(C)=O)c1nc(C(=O)NC(Cc2ccccc2)CC(C)C(=O)O)cs1)N(COC)C(=O)C(NC(=O)C1CCCCN1C)C(C)CC. The normalized spacial score (nSPS) is 18.1. The number of amides is 3. The fourth-order valence-corrected chi connectivity index (χ4v) is 7.42. The van der Waals surface area contributed by atoms with E-state index in [0.717, 1.165) is 36.3 Å². The van der Waals surface area contributed by atoms with Crippen LogP contribution in [0, 0.1) is 11.8 Å². The molecule has 7 unspecified atom stereocenters. The highest BCUT2D eigenvalue weighted by Gasteiger charge is 2.38. The van der Waals surface area contributed by atoms with Gasteiger partial charge in [-0.15, -0.1) is 11.3 Å². The molecule has 1 fully saturated rings. The number of methoxy groups -OCH3 is 1. The number of rotatable bonds is 20. The van der Waals surface area contributed by atoms with Crippen LogP contribution in [0.15, 0.2) is 47.9 Å². The number of esters is 1. The summed E-state index contributed by atoms with van der Waals surface area (Å²) in [5.41, 5.74) is 1.63. The van der Waals surface area contributed by atoms with Crippen LogP contribution in [0.25, 0.3) is 0 Å². The second-order valence-electron chi connectivity index (χ2n) is 14.2. The molecular weight excluding hydrogens is 699 g/mol. The summed E-state index contributed by atoms with van der Waals surface area (Å²) in [5, 5.41) is 17.5. The molecule has 0 radical (unpaired) electrons. The molecule has 0 aliphatic carbocycles. The second-order valence-corrected chi connectivity index (χ2v) is 15.1. The Morgan fingerprint density at radius 2 is 1.79 bits per heavy atom. The van der Waals surface area contributed by atoms with E-state index in [1.54, 1.807) is 19.2 Å². The Bertz CT molecular complexity index is 1550. The molecule has 2 aromatic rings. The Hall–Kier alpha value is -4.14. The van der Waals surface area contributed by atoms with E-state index in [1.165, 1.54) is 18.9 Å². The molecule has 3 rings (SSSR count). The number of thiazole rings is 1. The van der Waals surface area contributed by atoms with Gasteiger partial charge in [-0.2, -0.15) is 0 Å². The van der Waals surface area contributed by atoms with Gasteiger partial charge in [0.2, 0.25) is 11.8 Å². The number of carbonyl (C=O) groups is 5. The summed E-state index contributed by atoms with van der Waals surface area (Å²) in [4.78, 5) is 73.6. The standard InChI is InChI=1S/C39H57N5O8S/c1-9-25(4)34(42-36(47)31-17-13-14-18-43(31)7)38(48)44(23-51-8)32(24(2)3)21-33(52-27(6)45)37-41-30(22-53-37)35(46)40-29(19-26(5)39(49)50)20-28-15-11-10-12-16-28/h10-12,15-16,22,25-26,29,31-34H,2,9,13-14,17-21,23H2,1,3-8H3,(H,40,46)(H,42,47)(H,49,50). The Morgan fingerprint density at radius 3 is 2.38 bits per heavy atom. The molecule has 1 aromatic carbocycles. The minimum absolute atomic E-state index is 0.0673. The number of likely N-dealkylation sites (tertiary alicyclic amines) is 1. The fraction of sp³-hybridized carbons (Fsp3) is 0.590. The number of hydrogen-bond acceptors (Lipinski definition) is 10. The van der Waals surface area contributed by atoms with Crippen molar-refractivity contribution in [2.75, 3.05) is 27.4 Å². The van der Waals surface area contributed by atoms with Crippen molar-refractivity contribution in [1.29, 1.82) is 0 Å². The zero-order valence-corrected chi connectivity index (χ0v) is 32.9. The molecule has 0 saturated carbocycles. The van der Waals surface area contributed by atoms with E-state index in [2.05, 4.69) is 22.2 Å². The molecule has 1 aliphatic heterocycles. The van der Waals surface area contributed by atoms with Gasteiger partial charge in [0.15, 0.2) is 6.10 Å². The number of piperidine rings is 1. The fourth-order valence-electron chi connectivity index (χ4n) is 6.58. The number of aromatic nitrogens is 1. The Morgan fingerprint density at radius 1 is 1.09 bits per heavy atom. The number of carboxylic acids is 1. The van der Waals surface area contributed by atoms with Gasteiger partial charge in [0.25, 0.3) is 5.91 Å². The first-order chi connectivity index (χ1) is 25.2. The van der Waals surface area contributed by atoms with E-state index in [0.29, 0.717) is 29.8 Å². The van der Waals surface area contributed by atoms with E-state index >= 15 is 0 Å². The maximum Gasteiger partial charge on any atom is 0.306 e. The number of aliphatic carboxylic acids is 1. The summed E-state index contributed by atoms with van der Waals surface area (Å²) in [6.07, 6.45) is 3.06. The zero-order chi connectivity index (χ0) is 39.2. The summed E-state index contributed by atoms with van der Waals surface area (Å²) in [7, 11) is 3.39. The van der Waals surface area contributed by atoms with E-state index in [-0.39, 0.29) is 49.0 Å². The topological polar surface area (TPSA) is 167 Å². The number of hydrogen-bond donors (Lipinski definition) is 3. The van der Waals surface area contributed by atoms with Gasteiger partial charge in [-0.05, 0) is 57.7 Å². The van der Waals surface area contributed by atoms with Gasteiger partial charge in [-0.1, -0.05) is 76.1 Å². The van der Waals surface area contributed by atoms with Crippen molar-refractivity contribution in [1.82, 2.24) is 25.4 Å². The molecule has 7 atom stereocenters. The molecule has 53 heavy (non-hydrogen) atoms. The van der Waals surface area contributed by atoms with Gasteiger partial charge in [0, 0.05) is 31.9 Å². The van der Waals surface area contributed by atoms with Gasteiger partial charge >= 0.3 is 11.9 Å². The predicted octanol–water partition coefficient (Wildman–Crippen LogP) is 4.98. The highest BCUT2D eigenvalue weighted by Crippen LogP contribution is 2.31. The Labute approximate surface area is 317 Å². The molecule has 3 amide bonds. The molecule has 3 N–H and O–H groups in total. The van der Waals surface area contributed by atoms with E-state index in [4.69, 9.17) is 9.47 Å². The third-order valence-electron chi connectivity index (χ3n) is 9.84. The molecule has 1 aromatic heterocycles. The monoisotopic (exact) mass is 755 g/mol. The molecular formula is C39H57N5O8S. The van der Waals surface area contributed by atoms with Crippen LogP contribution in [-0.2, 0) is 35.1 Å². The van der Waals surface area contributed by atoms with Crippen LogP contribution in [0.2, 0.25) is 0 Å². The number of nitrogens with zero attached hydrogens (tertiary/aromatic N) is 3. The summed E-state index contributed by atoms with van der Waals surface area (Å²) in [5.74, 6) is -3.45. The maximum absolute atomic E-state index is 14.4. The molecule has 292 valence electrons. The predicted molar refractivity (Wildman–Crippen MR) is 203 cm³/mol. The first-order valence-corrected chi connectivity index (χ1v) is 19.2. The molecule has 14 heteroatoms. The minimum atomic E-state index is -0.958. The number of carboxylic acid groups (broad SMARTS) is 1. The van der Waals surface area contributed by atoms with Crippen molar-refractivity contribution in [2.24, 2.45) is 11.8 Å². The lowest BCUT2D eigenvalue weighted by atomic mass is 9.94. The van der Waals surface area contributed by atoms with Crippen LogP contribution in [0.3, 0.4) is 0 Å². The van der Waals surface area contributed by atoms with E-state index < -0.39 is 48.0 Å². The van der Waals surface area contributed by atoms with Crippen LogP contribution in [0.1, 0.15) is 100 Å². The number of ether oxygens (including phenoxy) is 2. The van der Waals surface area contributed by atoms with Crippen LogP contribution in [0.5, 0.6) is 0 Å². The molecule has 1 aliphatic rings. The third-order valence-corrected chi connectivity index (χ3v) is 10.8. The van der Waals surface area contributed by atoms with Crippen molar-refractivity contribution in [3.05, 3.63) is 64.1 Å². The van der Waals surface area contributed by atoms with Crippen molar-refractivity contribution in [2.45, 2.75) is 110 Å². The highest BCUT2D eigenvalue weighted by atomic mass is 32.1. The summed E-state index contributed by atoms with van der Waals surface area (Å²) >= 11 is 1.13. The number of benzene rings is 1. The average molecular weight is 756 g/mol. The van der Waals surface area contributed by atoms with Gasteiger partial charge in [-0.3, -0.25) is 28.9 Å². The van der Waals surface area contributed by atoms with E-state index in [9.17, 15) is 29.1 Å². The number of likely N-dealkylation sites (N-methyl/N-ethyl adjacent to an activating group) is 1. The lowest BCUT2D eigenvalue weighted by Crippen LogP contribution is -2.58. The summed E-state index contributed by atoms with van der Waals surface area (Å²) in [6, 6.07) is 7.14. The molecule has 1 saturated heterocycles. The first-order valence-electron chi connectivity index (χ1n) is 18.3. The van der Waals surface area contributed by atoms with Gasteiger partial charge in [0.05, 0.1) is 18.0 Å². The largest absolute Gasteiger partial charge is 0.481 e. The first kappa shape index (κ1) is 43.3. The van der Waals surface area contributed by atoms with Gasteiger partial charge in [-0.25, -0.2) is 4.98 Å². The highest BCUT2D eigenvalue weighted by molar-refractivity contribution is 7.09. The van der Waals surface area contributed by atoms with Crippen LogP contribution in [0.4, 0.5) is 0 Å². The summed E-state index contributed by atoms with van der Waals surface area (Å²) < 4.78 is 11.3. The number of carbonyl (C=O) groups excluding carboxylic acids is 4. The Balaban J connectivity index is 1.88. The zero-order valence-electron chi connectivity index (χ0n) is 32.1. The minimum Gasteiger partial charge on any atom is -0.481 e. The number of nitrogens with one attached hydrogen (secondary N) is 2. The molecule has 2 heterocycles. The van der Waals surface area contributed by atoms with Crippen LogP contribution in [-0.4, -0.2) is 101 Å². The van der Waals surface area contributed by atoms with Gasteiger partial charge < -0.3 is 30.1 Å². The third kappa shape index (κ3) is 12.7. The maximum atomic E-state index is 14.4. The van der Waals surface area contributed by atoms with Crippen LogP contribution >= 0.6 is 11.3 Å². The van der Waals surface area contributed by atoms with Crippen molar-refractivity contribution in [3.63, 3.8) is 0 Å².